The van der Waals surface area contributed by atoms with Crippen molar-refractivity contribution in [2.75, 3.05) is 31.6 Å². The van der Waals surface area contributed by atoms with Crippen LogP contribution in [0.4, 0.5) is 10.6 Å². The SMILES string of the molecule is CN(c1ccnc(-c2cnc3ccc(C4CN4)cn23)n1)[C@@H]1CCCN(C(=O)OC(C)(C)C)C1. The molecule has 174 valence electrons. The molecular weight excluding hydrogens is 418 g/mol. The first-order valence-corrected chi connectivity index (χ1v) is 11.5. The lowest BCUT2D eigenvalue weighted by molar-refractivity contribution is 0.0199. The molecule has 0 aromatic carbocycles. The normalized spacial score (nSPS) is 20.7. The van der Waals surface area contributed by atoms with E-state index < -0.39 is 5.60 Å². The van der Waals surface area contributed by atoms with Crippen LogP contribution in [0.1, 0.15) is 45.2 Å². The third-order valence-electron chi connectivity index (χ3n) is 6.17. The van der Waals surface area contributed by atoms with Gasteiger partial charge in [0.15, 0.2) is 5.82 Å². The molecule has 3 aromatic heterocycles. The number of anilines is 1. The summed E-state index contributed by atoms with van der Waals surface area (Å²) in [6.45, 7) is 8.02. The standard InChI is InChI=1S/C24H31N7O2/c1-24(2,3)33-23(32)30-11-5-6-17(15-30)29(4)21-9-10-25-22(28-21)19-13-27-20-8-7-16(14-31(19)20)18-12-26-18/h7-10,13-14,17-18,26H,5-6,11-12,15H2,1-4H3/t17-,18?/m1/s1. The Hall–Kier alpha value is -3.20. The molecule has 3 aromatic rings. The first kappa shape index (κ1) is 21.6. The molecular formula is C24H31N7O2. The maximum Gasteiger partial charge on any atom is 0.410 e. The quantitative estimate of drug-likeness (QED) is 0.611. The van der Waals surface area contributed by atoms with E-state index in [1.54, 1.807) is 11.1 Å². The second kappa shape index (κ2) is 8.30. The molecule has 2 fully saturated rings. The Morgan fingerprint density at radius 3 is 2.82 bits per heavy atom. The number of amides is 1. The van der Waals surface area contributed by atoms with E-state index in [2.05, 4.69) is 36.8 Å². The number of carbonyl (C=O) groups excluding carboxylic acids is 1. The van der Waals surface area contributed by atoms with Gasteiger partial charge in [0.25, 0.3) is 0 Å². The van der Waals surface area contributed by atoms with Crippen molar-refractivity contribution >= 4 is 17.6 Å². The van der Waals surface area contributed by atoms with Crippen molar-refractivity contribution in [2.24, 2.45) is 0 Å². The van der Waals surface area contributed by atoms with Crippen LogP contribution in [0.15, 0.2) is 36.8 Å². The molecule has 2 atom stereocenters. The Morgan fingerprint density at radius 2 is 2.06 bits per heavy atom. The van der Waals surface area contributed by atoms with Gasteiger partial charge in [-0.05, 0) is 51.3 Å². The van der Waals surface area contributed by atoms with Crippen LogP contribution in [0.5, 0.6) is 0 Å². The molecule has 1 N–H and O–H groups in total. The minimum Gasteiger partial charge on any atom is -0.444 e. The third kappa shape index (κ3) is 4.64. The topological polar surface area (TPSA) is 97.8 Å². The summed E-state index contributed by atoms with van der Waals surface area (Å²) in [6, 6.07) is 6.63. The van der Waals surface area contributed by atoms with Crippen LogP contribution in [0.3, 0.4) is 0 Å². The Bertz CT molecular complexity index is 1170. The van der Waals surface area contributed by atoms with Crippen LogP contribution in [0.25, 0.3) is 17.2 Å². The van der Waals surface area contributed by atoms with Gasteiger partial charge in [0, 0.05) is 51.2 Å². The summed E-state index contributed by atoms with van der Waals surface area (Å²) >= 11 is 0. The van der Waals surface area contributed by atoms with Crippen molar-refractivity contribution in [2.45, 2.75) is 51.3 Å². The van der Waals surface area contributed by atoms with Crippen LogP contribution < -0.4 is 10.2 Å². The zero-order chi connectivity index (χ0) is 23.2. The molecule has 0 bridgehead atoms. The largest absolute Gasteiger partial charge is 0.444 e. The second-order valence-electron chi connectivity index (χ2n) is 9.87. The number of nitrogens with zero attached hydrogens (tertiary/aromatic N) is 6. The molecule has 0 radical (unpaired) electrons. The number of pyridine rings is 1. The number of nitrogens with one attached hydrogen (secondary N) is 1. The van der Waals surface area contributed by atoms with E-state index in [0.717, 1.165) is 36.5 Å². The van der Waals surface area contributed by atoms with Gasteiger partial charge < -0.3 is 19.9 Å². The Morgan fingerprint density at radius 1 is 1.24 bits per heavy atom. The molecule has 0 spiro atoms. The number of hydrogen-bond donors (Lipinski definition) is 1. The van der Waals surface area contributed by atoms with Gasteiger partial charge >= 0.3 is 6.09 Å². The number of ether oxygens (including phenoxy) is 1. The van der Waals surface area contributed by atoms with E-state index in [1.165, 1.54) is 5.56 Å². The van der Waals surface area contributed by atoms with Crippen molar-refractivity contribution in [3.05, 3.63) is 42.4 Å². The van der Waals surface area contributed by atoms with Gasteiger partial charge in [-0.15, -0.1) is 0 Å². The number of aromatic nitrogens is 4. The number of carbonyl (C=O) groups is 1. The summed E-state index contributed by atoms with van der Waals surface area (Å²) in [5.74, 6) is 1.46. The third-order valence-corrected chi connectivity index (χ3v) is 6.17. The number of likely N-dealkylation sites (tertiary alicyclic amines) is 1. The van der Waals surface area contributed by atoms with Crippen molar-refractivity contribution in [3.8, 4) is 11.5 Å². The van der Waals surface area contributed by atoms with E-state index in [-0.39, 0.29) is 12.1 Å². The van der Waals surface area contributed by atoms with E-state index in [0.29, 0.717) is 25.0 Å². The highest BCUT2D eigenvalue weighted by Crippen LogP contribution is 2.26. The van der Waals surface area contributed by atoms with E-state index in [4.69, 9.17) is 9.72 Å². The van der Waals surface area contributed by atoms with Crippen LogP contribution in [0.2, 0.25) is 0 Å². The zero-order valence-corrected chi connectivity index (χ0v) is 19.7. The van der Waals surface area contributed by atoms with Gasteiger partial charge in [0.05, 0.1) is 6.20 Å². The van der Waals surface area contributed by atoms with Crippen LogP contribution in [-0.4, -0.2) is 68.7 Å². The second-order valence-corrected chi connectivity index (χ2v) is 9.87. The molecule has 2 aliphatic rings. The average Bonchev–Trinajstić information content (AvgIpc) is 3.56. The van der Waals surface area contributed by atoms with Gasteiger partial charge in [0.1, 0.15) is 22.8 Å². The number of hydrogen-bond acceptors (Lipinski definition) is 7. The van der Waals surface area contributed by atoms with Crippen molar-refractivity contribution in [1.82, 2.24) is 29.6 Å². The Balaban J connectivity index is 1.36. The van der Waals surface area contributed by atoms with Crippen molar-refractivity contribution in [3.63, 3.8) is 0 Å². The summed E-state index contributed by atoms with van der Waals surface area (Å²) in [5, 5.41) is 3.34. The molecule has 5 heterocycles. The summed E-state index contributed by atoms with van der Waals surface area (Å²) in [5.41, 5.74) is 2.47. The minimum atomic E-state index is -0.499. The first-order chi connectivity index (χ1) is 15.8. The molecule has 9 heteroatoms. The lowest BCUT2D eigenvalue weighted by Gasteiger charge is -2.38. The highest BCUT2D eigenvalue weighted by atomic mass is 16.6. The predicted octanol–water partition coefficient (Wildman–Crippen LogP) is 3.27. The molecule has 1 amide bonds. The smallest absolute Gasteiger partial charge is 0.410 e. The fourth-order valence-electron chi connectivity index (χ4n) is 4.28. The highest BCUT2D eigenvalue weighted by Gasteiger charge is 2.30. The lowest BCUT2D eigenvalue weighted by Crippen LogP contribution is -2.50. The number of rotatable bonds is 4. The van der Waals surface area contributed by atoms with Crippen LogP contribution in [0, 0.1) is 0 Å². The van der Waals surface area contributed by atoms with Crippen LogP contribution in [-0.2, 0) is 4.74 Å². The highest BCUT2D eigenvalue weighted by molar-refractivity contribution is 5.68. The maximum absolute atomic E-state index is 12.6. The maximum atomic E-state index is 12.6. The van der Waals surface area contributed by atoms with E-state index in [1.807, 2.05) is 46.1 Å². The Kier molecular flexibility index (Phi) is 5.44. The van der Waals surface area contributed by atoms with Gasteiger partial charge in [-0.2, -0.15) is 0 Å². The molecule has 33 heavy (non-hydrogen) atoms. The molecule has 9 nitrogen and oxygen atoms in total. The molecule has 2 aliphatic heterocycles. The zero-order valence-electron chi connectivity index (χ0n) is 19.7. The molecule has 5 rings (SSSR count). The molecule has 2 saturated heterocycles. The van der Waals surface area contributed by atoms with Crippen molar-refractivity contribution in [1.29, 1.82) is 0 Å². The van der Waals surface area contributed by atoms with Crippen LogP contribution >= 0.6 is 0 Å². The fourth-order valence-corrected chi connectivity index (χ4v) is 4.28. The summed E-state index contributed by atoms with van der Waals surface area (Å²) in [4.78, 5) is 30.5. The van der Waals surface area contributed by atoms with E-state index >= 15 is 0 Å². The molecule has 0 aliphatic carbocycles. The fraction of sp³-hybridized carbons (Fsp3) is 0.500. The monoisotopic (exact) mass is 449 g/mol. The number of piperidine rings is 1. The summed E-state index contributed by atoms with van der Waals surface area (Å²) < 4.78 is 7.63. The number of likely N-dealkylation sites (N-methyl/N-ethyl adjacent to an activating group) is 1. The van der Waals surface area contributed by atoms with Gasteiger partial charge in [-0.1, -0.05) is 6.07 Å². The van der Waals surface area contributed by atoms with Gasteiger partial charge in [-0.25, -0.2) is 19.7 Å². The average molecular weight is 450 g/mol. The lowest BCUT2D eigenvalue weighted by atomic mass is 10.0. The summed E-state index contributed by atoms with van der Waals surface area (Å²) in [7, 11) is 2.03. The molecule has 1 unspecified atom stereocenters. The first-order valence-electron chi connectivity index (χ1n) is 11.5. The predicted molar refractivity (Wildman–Crippen MR) is 126 cm³/mol. The summed E-state index contributed by atoms with van der Waals surface area (Å²) in [6.07, 6.45) is 7.38. The number of imidazole rings is 1. The van der Waals surface area contributed by atoms with Gasteiger partial charge in [0.2, 0.25) is 0 Å². The van der Waals surface area contributed by atoms with E-state index in [9.17, 15) is 4.79 Å². The Labute approximate surface area is 193 Å². The van der Waals surface area contributed by atoms with Crippen molar-refractivity contribution < 1.29 is 9.53 Å². The number of fused-ring (bicyclic) bond motifs is 1. The minimum absolute atomic E-state index is 0.156. The van der Waals surface area contributed by atoms with Gasteiger partial charge in [-0.3, -0.25) is 4.40 Å². The molecule has 0 saturated carbocycles.